The average Bonchev–Trinajstić information content (AvgIpc) is 3.07. The summed E-state index contributed by atoms with van der Waals surface area (Å²) in [5.41, 5.74) is 2.04. The first-order chi connectivity index (χ1) is 11.6. The van der Waals surface area contributed by atoms with Gasteiger partial charge in [0.15, 0.2) is 0 Å². The Bertz CT molecular complexity index is 704. The van der Waals surface area contributed by atoms with Crippen LogP contribution in [0.4, 0.5) is 5.69 Å². The molecule has 5 nitrogen and oxygen atoms in total. The lowest BCUT2D eigenvalue weighted by Gasteiger charge is -2.19. The van der Waals surface area contributed by atoms with Crippen LogP contribution >= 0.6 is 11.6 Å². The van der Waals surface area contributed by atoms with Gasteiger partial charge >= 0.3 is 0 Å². The SMILES string of the molecule is Cc1cnc(CCNC(=O)C2CCN(c3ccccc3Cl)C2)nc1. The number of anilines is 1. The molecule has 0 saturated carbocycles. The molecule has 1 amide bonds. The van der Waals surface area contributed by atoms with E-state index < -0.39 is 0 Å². The summed E-state index contributed by atoms with van der Waals surface area (Å²) in [5.74, 6) is 0.849. The highest BCUT2D eigenvalue weighted by Gasteiger charge is 2.28. The van der Waals surface area contributed by atoms with Gasteiger partial charge in [-0.15, -0.1) is 0 Å². The first kappa shape index (κ1) is 16.7. The number of rotatable bonds is 5. The highest BCUT2D eigenvalue weighted by molar-refractivity contribution is 6.33. The van der Waals surface area contributed by atoms with E-state index in [1.54, 1.807) is 12.4 Å². The molecule has 1 aliphatic rings. The van der Waals surface area contributed by atoms with E-state index in [0.29, 0.717) is 19.5 Å². The minimum absolute atomic E-state index is 0.000193. The Morgan fingerprint density at radius 3 is 2.83 bits per heavy atom. The van der Waals surface area contributed by atoms with Crippen LogP contribution in [0.15, 0.2) is 36.7 Å². The largest absolute Gasteiger partial charge is 0.370 e. The number of benzene rings is 1. The van der Waals surface area contributed by atoms with Crippen LogP contribution < -0.4 is 10.2 Å². The molecule has 24 heavy (non-hydrogen) atoms. The third-order valence-electron chi connectivity index (χ3n) is 4.23. The van der Waals surface area contributed by atoms with Crippen molar-refractivity contribution in [3.05, 3.63) is 53.1 Å². The first-order valence-electron chi connectivity index (χ1n) is 8.18. The molecule has 1 saturated heterocycles. The standard InChI is InChI=1S/C18H21ClN4O/c1-13-10-21-17(22-11-13)6-8-20-18(24)14-7-9-23(12-14)16-5-3-2-4-15(16)19/h2-5,10-11,14H,6-9,12H2,1H3,(H,20,24). The Hall–Kier alpha value is -2.14. The van der Waals surface area contributed by atoms with E-state index in [2.05, 4.69) is 20.2 Å². The number of hydrogen-bond donors (Lipinski definition) is 1. The monoisotopic (exact) mass is 344 g/mol. The first-order valence-corrected chi connectivity index (χ1v) is 8.56. The van der Waals surface area contributed by atoms with Gasteiger partial charge in [-0.1, -0.05) is 23.7 Å². The average molecular weight is 345 g/mol. The molecular formula is C18H21ClN4O. The summed E-state index contributed by atoms with van der Waals surface area (Å²) in [5, 5.41) is 3.73. The molecule has 126 valence electrons. The molecule has 1 N–H and O–H groups in total. The van der Waals surface area contributed by atoms with Crippen molar-refractivity contribution in [2.75, 3.05) is 24.5 Å². The van der Waals surface area contributed by atoms with Crippen molar-refractivity contribution in [2.45, 2.75) is 19.8 Å². The second-order valence-electron chi connectivity index (χ2n) is 6.10. The van der Waals surface area contributed by atoms with Gasteiger partial charge < -0.3 is 10.2 Å². The van der Waals surface area contributed by atoms with Crippen LogP contribution in [-0.4, -0.2) is 35.5 Å². The van der Waals surface area contributed by atoms with Crippen molar-refractivity contribution in [3.63, 3.8) is 0 Å². The summed E-state index contributed by atoms with van der Waals surface area (Å²) in [6.07, 6.45) is 5.08. The lowest BCUT2D eigenvalue weighted by Crippen LogP contribution is -2.34. The number of amides is 1. The fourth-order valence-corrected chi connectivity index (χ4v) is 3.15. The van der Waals surface area contributed by atoms with E-state index in [1.807, 2.05) is 31.2 Å². The molecule has 2 heterocycles. The van der Waals surface area contributed by atoms with Crippen molar-refractivity contribution in [2.24, 2.45) is 5.92 Å². The second kappa shape index (κ2) is 7.62. The summed E-state index contributed by atoms with van der Waals surface area (Å²) < 4.78 is 0. The number of carbonyl (C=O) groups is 1. The molecule has 0 spiro atoms. The number of nitrogens with one attached hydrogen (secondary N) is 1. The van der Waals surface area contributed by atoms with E-state index in [0.717, 1.165) is 35.1 Å². The minimum atomic E-state index is 0.000193. The predicted molar refractivity (Wildman–Crippen MR) is 95.3 cm³/mol. The summed E-state index contributed by atoms with van der Waals surface area (Å²) in [7, 11) is 0. The maximum Gasteiger partial charge on any atom is 0.224 e. The van der Waals surface area contributed by atoms with E-state index in [-0.39, 0.29) is 11.8 Å². The lowest BCUT2D eigenvalue weighted by atomic mass is 10.1. The van der Waals surface area contributed by atoms with Crippen LogP contribution in [0.2, 0.25) is 5.02 Å². The van der Waals surface area contributed by atoms with Crippen molar-refractivity contribution >= 4 is 23.2 Å². The van der Waals surface area contributed by atoms with Crippen molar-refractivity contribution < 1.29 is 4.79 Å². The topological polar surface area (TPSA) is 58.1 Å². The number of para-hydroxylation sites is 1. The van der Waals surface area contributed by atoms with Gasteiger partial charge in [-0.05, 0) is 31.0 Å². The van der Waals surface area contributed by atoms with E-state index >= 15 is 0 Å². The Labute approximate surface area is 147 Å². The van der Waals surface area contributed by atoms with Crippen LogP contribution in [0.3, 0.4) is 0 Å². The van der Waals surface area contributed by atoms with Crippen molar-refractivity contribution in [1.29, 1.82) is 0 Å². The van der Waals surface area contributed by atoms with E-state index in [4.69, 9.17) is 11.6 Å². The number of hydrogen-bond acceptors (Lipinski definition) is 4. The number of carbonyl (C=O) groups excluding carboxylic acids is 1. The summed E-state index contributed by atoms with van der Waals surface area (Å²) in [4.78, 5) is 23.0. The van der Waals surface area contributed by atoms with Gasteiger partial charge in [0.05, 0.1) is 16.6 Å². The van der Waals surface area contributed by atoms with E-state index in [9.17, 15) is 4.79 Å². The molecule has 6 heteroatoms. The van der Waals surface area contributed by atoms with Crippen molar-refractivity contribution in [1.82, 2.24) is 15.3 Å². The summed E-state index contributed by atoms with van der Waals surface area (Å²) >= 11 is 6.24. The van der Waals surface area contributed by atoms with Crippen molar-refractivity contribution in [3.8, 4) is 0 Å². The van der Waals surface area contributed by atoms with Gasteiger partial charge in [0.2, 0.25) is 5.91 Å². The van der Waals surface area contributed by atoms with Crippen LogP contribution in [0.5, 0.6) is 0 Å². The molecule has 3 rings (SSSR count). The zero-order valence-corrected chi connectivity index (χ0v) is 14.5. The highest BCUT2D eigenvalue weighted by atomic mass is 35.5. The molecule has 0 aliphatic carbocycles. The minimum Gasteiger partial charge on any atom is -0.370 e. The molecule has 1 aliphatic heterocycles. The third kappa shape index (κ3) is 4.03. The summed E-state index contributed by atoms with van der Waals surface area (Å²) in [6.45, 7) is 4.07. The van der Waals surface area contributed by atoms with Crippen LogP contribution in [0, 0.1) is 12.8 Å². The maximum absolute atomic E-state index is 12.3. The molecule has 1 aromatic heterocycles. The number of halogens is 1. The molecule has 0 radical (unpaired) electrons. The molecule has 2 aromatic rings. The highest BCUT2D eigenvalue weighted by Crippen LogP contribution is 2.30. The zero-order chi connectivity index (χ0) is 16.9. The normalized spacial score (nSPS) is 17.1. The Kier molecular flexibility index (Phi) is 5.30. The molecular weight excluding hydrogens is 324 g/mol. The van der Waals surface area contributed by atoms with E-state index in [1.165, 1.54) is 0 Å². The fraction of sp³-hybridized carbons (Fsp3) is 0.389. The third-order valence-corrected chi connectivity index (χ3v) is 4.55. The van der Waals surface area contributed by atoms with Crippen LogP contribution in [0.25, 0.3) is 0 Å². The number of aromatic nitrogens is 2. The Balaban J connectivity index is 1.48. The predicted octanol–water partition coefficient (Wildman–Crippen LogP) is 2.62. The van der Waals surface area contributed by atoms with Gasteiger partial charge in [0, 0.05) is 38.4 Å². The zero-order valence-electron chi connectivity index (χ0n) is 13.7. The molecule has 1 aromatic carbocycles. The summed E-state index contributed by atoms with van der Waals surface area (Å²) in [6, 6.07) is 7.76. The Morgan fingerprint density at radius 2 is 2.08 bits per heavy atom. The van der Waals surface area contributed by atoms with Gasteiger partial charge in [-0.3, -0.25) is 4.79 Å². The second-order valence-corrected chi connectivity index (χ2v) is 6.51. The molecule has 1 fully saturated rings. The van der Waals surface area contributed by atoms with Gasteiger partial charge in [-0.2, -0.15) is 0 Å². The number of aryl methyl sites for hydroxylation is 1. The number of nitrogens with zero attached hydrogens (tertiary/aromatic N) is 3. The van der Waals surface area contributed by atoms with Gasteiger partial charge in [0.25, 0.3) is 0 Å². The fourth-order valence-electron chi connectivity index (χ4n) is 2.89. The smallest absolute Gasteiger partial charge is 0.224 e. The molecule has 0 bridgehead atoms. The quantitative estimate of drug-likeness (QED) is 0.905. The van der Waals surface area contributed by atoms with Gasteiger partial charge in [0.1, 0.15) is 5.82 Å². The maximum atomic E-state index is 12.3. The molecule has 1 unspecified atom stereocenters. The molecule has 1 atom stereocenters. The Morgan fingerprint density at radius 1 is 1.33 bits per heavy atom. The van der Waals surface area contributed by atoms with Crippen LogP contribution in [-0.2, 0) is 11.2 Å². The van der Waals surface area contributed by atoms with Crippen LogP contribution in [0.1, 0.15) is 17.8 Å². The van der Waals surface area contributed by atoms with Gasteiger partial charge in [-0.25, -0.2) is 9.97 Å². The lowest BCUT2D eigenvalue weighted by molar-refractivity contribution is -0.124.